The van der Waals surface area contributed by atoms with Crippen LogP contribution in [0, 0.1) is 11.8 Å². The third kappa shape index (κ3) is 2.42. The van der Waals surface area contributed by atoms with E-state index in [1.165, 1.54) is 0 Å². The summed E-state index contributed by atoms with van der Waals surface area (Å²) in [5, 5.41) is 18.6. The average molecular weight is 187 g/mol. The molecule has 3 nitrogen and oxygen atoms in total. The first-order chi connectivity index (χ1) is 6.06. The largest absolute Gasteiger partial charge is 0.396 e. The molecule has 3 atom stereocenters. The molecule has 0 aliphatic carbocycles. The van der Waals surface area contributed by atoms with Crippen molar-refractivity contribution in [3.63, 3.8) is 0 Å². The molecule has 78 valence electrons. The summed E-state index contributed by atoms with van der Waals surface area (Å²) in [5.74, 6) is 0.658. The zero-order valence-electron chi connectivity index (χ0n) is 8.77. The lowest BCUT2D eigenvalue weighted by atomic mass is 10.1. The first kappa shape index (κ1) is 11.0. The van der Waals surface area contributed by atoms with Crippen LogP contribution in [0.25, 0.3) is 0 Å². The molecule has 3 heteroatoms. The highest BCUT2D eigenvalue weighted by molar-refractivity contribution is 4.86. The predicted molar refractivity (Wildman–Crippen MR) is 52.5 cm³/mol. The van der Waals surface area contributed by atoms with Gasteiger partial charge in [0, 0.05) is 31.7 Å². The van der Waals surface area contributed by atoms with Gasteiger partial charge in [-0.3, -0.25) is 4.90 Å². The van der Waals surface area contributed by atoms with Crippen molar-refractivity contribution in [2.75, 3.05) is 19.7 Å². The lowest BCUT2D eigenvalue weighted by molar-refractivity contribution is 0.102. The summed E-state index contributed by atoms with van der Waals surface area (Å²) in [6, 6.07) is 0.492. The van der Waals surface area contributed by atoms with Gasteiger partial charge in [-0.25, -0.2) is 0 Å². The maximum atomic E-state index is 9.59. The quantitative estimate of drug-likeness (QED) is 0.668. The van der Waals surface area contributed by atoms with Crippen LogP contribution in [0.2, 0.25) is 0 Å². The number of aliphatic hydroxyl groups excluding tert-OH is 2. The van der Waals surface area contributed by atoms with Crippen molar-refractivity contribution in [1.29, 1.82) is 0 Å². The van der Waals surface area contributed by atoms with Gasteiger partial charge in [0.05, 0.1) is 6.10 Å². The number of hydrogen-bond donors (Lipinski definition) is 2. The standard InChI is InChI=1S/C10H21NO2/c1-7(2)8(3)11-4-9(6-12)10(13)5-11/h7-10,12-13H,4-6H2,1-3H3. The highest BCUT2D eigenvalue weighted by atomic mass is 16.3. The van der Waals surface area contributed by atoms with Crippen molar-refractivity contribution >= 4 is 0 Å². The Kier molecular flexibility index (Phi) is 3.71. The number of rotatable bonds is 3. The third-order valence-electron chi connectivity index (χ3n) is 3.21. The Morgan fingerprint density at radius 1 is 1.31 bits per heavy atom. The van der Waals surface area contributed by atoms with E-state index in [2.05, 4.69) is 25.7 Å². The molecule has 1 saturated heterocycles. The second-order valence-corrected chi connectivity index (χ2v) is 4.45. The molecule has 0 bridgehead atoms. The van der Waals surface area contributed by atoms with Gasteiger partial charge in [0.25, 0.3) is 0 Å². The molecule has 0 aromatic heterocycles. The molecule has 1 rings (SSSR count). The maximum Gasteiger partial charge on any atom is 0.0729 e. The number of likely N-dealkylation sites (tertiary alicyclic amines) is 1. The van der Waals surface area contributed by atoms with Gasteiger partial charge in [0.15, 0.2) is 0 Å². The van der Waals surface area contributed by atoms with Crippen molar-refractivity contribution in [2.24, 2.45) is 11.8 Å². The molecule has 1 fully saturated rings. The van der Waals surface area contributed by atoms with Crippen LogP contribution in [0.3, 0.4) is 0 Å². The molecular weight excluding hydrogens is 166 g/mol. The average Bonchev–Trinajstić information content (AvgIpc) is 2.45. The summed E-state index contributed by atoms with van der Waals surface area (Å²) in [6.07, 6.45) is -0.341. The van der Waals surface area contributed by atoms with Gasteiger partial charge in [-0.15, -0.1) is 0 Å². The first-order valence-electron chi connectivity index (χ1n) is 5.09. The van der Waals surface area contributed by atoms with E-state index in [9.17, 15) is 5.11 Å². The van der Waals surface area contributed by atoms with E-state index in [1.807, 2.05) is 0 Å². The maximum absolute atomic E-state index is 9.59. The Balaban J connectivity index is 2.47. The Bertz CT molecular complexity index is 161. The van der Waals surface area contributed by atoms with Crippen molar-refractivity contribution in [1.82, 2.24) is 4.90 Å². The Labute approximate surface area is 80.4 Å². The van der Waals surface area contributed by atoms with E-state index in [0.29, 0.717) is 18.5 Å². The summed E-state index contributed by atoms with van der Waals surface area (Å²) in [7, 11) is 0. The fraction of sp³-hybridized carbons (Fsp3) is 1.00. The number of hydrogen-bond acceptors (Lipinski definition) is 3. The molecular formula is C10H21NO2. The van der Waals surface area contributed by atoms with E-state index in [0.717, 1.165) is 6.54 Å². The van der Waals surface area contributed by atoms with Crippen molar-refractivity contribution < 1.29 is 10.2 Å². The van der Waals surface area contributed by atoms with Gasteiger partial charge in [-0.05, 0) is 12.8 Å². The second-order valence-electron chi connectivity index (χ2n) is 4.45. The second kappa shape index (κ2) is 4.40. The van der Waals surface area contributed by atoms with Gasteiger partial charge >= 0.3 is 0 Å². The van der Waals surface area contributed by atoms with Gasteiger partial charge in [0.1, 0.15) is 0 Å². The van der Waals surface area contributed by atoms with E-state index in [-0.39, 0.29) is 18.6 Å². The molecule has 0 radical (unpaired) electrons. The lowest BCUT2D eigenvalue weighted by Gasteiger charge is -2.27. The van der Waals surface area contributed by atoms with Crippen LogP contribution in [0.5, 0.6) is 0 Å². The third-order valence-corrected chi connectivity index (χ3v) is 3.21. The van der Waals surface area contributed by atoms with Gasteiger partial charge < -0.3 is 10.2 Å². The zero-order chi connectivity index (χ0) is 10.0. The van der Waals surface area contributed by atoms with Crippen molar-refractivity contribution in [2.45, 2.75) is 32.9 Å². The SMILES string of the molecule is CC(C)C(C)N1CC(O)C(CO)C1. The topological polar surface area (TPSA) is 43.7 Å². The fourth-order valence-electron chi connectivity index (χ4n) is 1.82. The number of nitrogens with zero attached hydrogens (tertiary/aromatic N) is 1. The van der Waals surface area contributed by atoms with Crippen LogP contribution in [0.1, 0.15) is 20.8 Å². The van der Waals surface area contributed by atoms with E-state index >= 15 is 0 Å². The minimum Gasteiger partial charge on any atom is -0.396 e. The van der Waals surface area contributed by atoms with Crippen LogP contribution >= 0.6 is 0 Å². The van der Waals surface area contributed by atoms with Crippen LogP contribution in [0.15, 0.2) is 0 Å². The van der Waals surface area contributed by atoms with E-state index < -0.39 is 0 Å². The Morgan fingerprint density at radius 3 is 2.31 bits per heavy atom. The molecule has 3 unspecified atom stereocenters. The number of β-amino-alcohol motifs (C(OH)–C–C–N with tert-alkyl or cyclic N) is 1. The van der Waals surface area contributed by atoms with Gasteiger partial charge in [-0.1, -0.05) is 13.8 Å². The Morgan fingerprint density at radius 2 is 1.92 bits per heavy atom. The minimum absolute atomic E-state index is 0.0567. The molecule has 1 aliphatic rings. The fourth-order valence-corrected chi connectivity index (χ4v) is 1.82. The molecule has 0 aromatic carbocycles. The summed E-state index contributed by atoms with van der Waals surface area (Å²) in [6.45, 7) is 8.19. The highest BCUT2D eigenvalue weighted by Crippen LogP contribution is 2.21. The van der Waals surface area contributed by atoms with Crippen LogP contribution in [0.4, 0.5) is 0 Å². The summed E-state index contributed by atoms with van der Waals surface area (Å²) in [5.41, 5.74) is 0. The van der Waals surface area contributed by atoms with E-state index in [1.54, 1.807) is 0 Å². The monoisotopic (exact) mass is 187 g/mol. The summed E-state index contributed by atoms with van der Waals surface area (Å²) >= 11 is 0. The first-order valence-corrected chi connectivity index (χ1v) is 5.09. The molecule has 0 aromatic rings. The molecule has 0 spiro atoms. The molecule has 13 heavy (non-hydrogen) atoms. The summed E-state index contributed by atoms with van der Waals surface area (Å²) < 4.78 is 0. The van der Waals surface area contributed by atoms with Crippen LogP contribution < -0.4 is 0 Å². The molecule has 1 aliphatic heterocycles. The van der Waals surface area contributed by atoms with Gasteiger partial charge in [0.2, 0.25) is 0 Å². The normalized spacial score (nSPS) is 32.8. The van der Waals surface area contributed by atoms with Crippen molar-refractivity contribution in [3.8, 4) is 0 Å². The van der Waals surface area contributed by atoms with Crippen LogP contribution in [-0.2, 0) is 0 Å². The predicted octanol–water partition coefficient (Wildman–Crippen LogP) is 0.316. The molecule has 2 N–H and O–H groups in total. The lowest BCUT2D eigenvalue weighted by Crippen LogP contribution is -2.35. The summed E-state index contributed by atoms with van der Waals surface area (Å²) in [4.78, 5) is 2.26. The smallest absolute Gasteiger partial charge is 0.0729 e. The number of aliphatic hydroxyl groups is 2. The highest BCUT2D eigenvalue weighted by Gasteiger charge is 2.33. The van der Waals surface area contributed by atoms with E-state index in [4.69, 9.17) is 5.11 Å². The zero-order valence-corrected chi connectivity index (χ0v) is 8.77. The van der Waals surface area contributed by atoms with Crippen LogP contribution in [-0.4, -0.2) is 47.0 Å². The Hall–Kier alpha value is -0.120. The molecule has 0 saturated carbocycles. The van der Waals surface area contributed by atoms with Gasteiger partial charge in [-0.2, -0.15) is 0 Å². The minimum atomic E-state index is -0.341. The molecule has 0 amide bonds. The molecule has 1 heterocycles. The van der Waals surface area contributed by atoms with Crippen molar-refractivity contribution in [3.05, 3.63) is 0 Å².